The molecule has 1 saturated heterocycles. The smallest absolute Gasteiger partial charge is 0.407 e. The fourth-order valence-electron chi connectivity index (χ4n) is 3.80. The number of amides is 1. The van der Waals surface area contributed by atoms with Crippen LogP contribution in [0.1, 0.15) is 58.9 Å². The van der Waals surface area contributed by atoms with Crippen LogP contribution in [-0.2, 0) is 0 Å². The highest BCUT2D eigenvalue weighted by Gasteiger charge is 2.38. The molecule has 1 N–H and O–H groups in total. The Labute approximate surface area is 166 Å². The summed E-state index contributed by atoms with van der Waals surface area (Å²) in [7, 11) is 0. The molecule has 1 aliphatic heterocycles. The van der Waals surface area contributed by atoms with E-state index in [0.29, 0.717) is 12.5 Å². The highest BCUT2D eigenvalue weighted by molar-refractivity contribution is 9.10. The van der Waals surface area contributed by atoms with Crippen LogP contribution in [0.15, 0.2) is 22.7 Å². The van der Waals surface area contributed by atoms with Gasteiger partial charge >= 0.3 is 6.09 Å². The Balaban J connectivity index is 1.88. The van der Waals surface area contributed by atoms with Crippen molar-refractivity contribution < 1.29 is 14.6 Å². The fourth-order valence-corrected chi connectivity index (χ4v) is 4.05. The summed E-state index contributed by atoms with van der Waals surface area (Å²) >= 11 is 3.51. The summed E-state index contributed by atoms with van der Waals surface area (Å²) in [5.74, 6) is 1.47. The Kier molecular flexibility index (Phi) is 7.00. The Morgan fingerprint density at radius 3 is 2.69 bits per heavy atom. The molecule has 1 heterocycles. The highest BCUT2D eigenvalue weighted by atomic mass is 79.9. The summed E-state index contributed by atoms with van der Waals surface area (Å²) in [4.78, 5) is 13.2. The van der Waals surface area contributed by atoms with E-state index >= 15 is 0 Å². The maximum Gasteiger partial charge on any atom is 0.407 e. The van der Waals surface area contributed by atoms with Crippen LogP contribution < -0.4 is 4.74 Å². The van der Waals surface area contributed by atoms with Crippen molar-refractivity contribution in [2.75, 3.05) is 6.54 Å². The van der Waals surface area contributed by atoms with Crippen LogP contribution in [0.25, 0.3) is 0 Å². The molecule has 26 heavy (non-hydrogen) atoms. The Morgan fingerprint density at radius 2 is 2.12 bits per heavy atom. The second kappa shape index (κ2) is 8.64. The van der Waals surface area contributed by atoms with Crippen molar-refractivity contribution in [1.29, 1.82) is 0 Å². The molecule has 0 spiro atoms. The van der Waals surface area contributed by atoms with Gasteiger partial charge in [-0.2, -0.15) is 0 Å². The van der Waals surface area contributed by atoms with E-state index in [1.165, 1.54) is 5.56 Å². The molecule has 1 amide bonds. The molecule has 0 radical (unpaired) electrons. The number of benzene rings is 1. The lowest BCUT2D eigenvalue weighted by Crippen LogP contribution is -2.51. The Hall–Kier alpha value is -1.23. The molecule has 1 aromatic rings. The molecule has 2 unspecified atom stereocenters. The van der Waals surface area contributed by atoms with Gasteiger partial charge in [-0.3, -0.25) is 0 Å². The first-order chi connectivity index (χ1) is 12.1. The van der Waals surface area contributed by atoms with E-state index in [1.807, 2.05) is 12.1 Å². The Bertz CT molecular complexity index is 626. The second-order valence-electron chi connectivity index (χ2n) is 8.67. The van der Waals surface area contributed by atoms with Crippen molar-refractivity contribution in [2.45, 2.75) is 72.4 Å². The molecule has 0 aliphatic carbocycles. The molecule has 1 aliphatic rings. The molecular weight excluding hydrogens is 394 g/mol. The largest absolute Gasteiger partial charge is 0.491 e. The van der Waals surface area contributed by atoms with Crippen LogP contribution in [0.2, 0.25) is 0 Å². The number of piperidine rings is 1. The lowest BCUT2D eigenvalue weighted by Gasteiger charge is -2.44. The molecule has 0 saturated carbocycles. The van der Waals surface area contributed by atoms with Gasteiger partial charge in [-0.05, 0) is 74.6 Å². The minimum atomic E-state index is -0.786. The highest BCUT2D eigenvalue weighted by Crippen LogP contribution is 2.36. The van der Waals surface area contributed by atoms with Crippen LogP contribution in [-0.4, -0.2) is 34.8 Å². The Morgan fingerprint density at radius 1 is 1.42 bits per heavy atom. The number of hydrogen-bond donors (Lipinski definition) is 1. The van der Waals surface area contributed by atoms with Gasteiger partial charge in [-0.15, -0.1) is 0 Å². The van der Waals surface area contributed by atoms with Gasteiger partial charge in [0.1, 0.15) is 5.75 Å². The third-order valence-electron chi connectivity index (χ3n) is 5.40. The van der Waals surface area contributed by atoms with Crippen molar-refractivity contribution in [1.82, 2.24) is 4.90 Å². The number of hydrogen-bond acceptors (Lipinski definition) is 2. The van der Waals surface area contributed by atoms with E-state index in [2.05, 4.69) is 56.6 Å². The lowest BCUT2D eigenvalue weighted by molar-refractivity contribution is 0.0365. The number of aryl methyl sites for hydroxylation is 1. The predicted molar refractivity (Wildman–Crippen MR) is 109 cm³/mol. The fraction of sp³-hybridized carbons (Fsp3) is 0.667. The van der Waals surface area contributed by atoms with Gasteiger partial charge in [0.15, 0.2) is 0 Å². The molecule has 3 atom stereocenters. The van der Waals surface area contributed by atoms with Crippen molar-refractivity contribution in [3.05, 3.63) is 28.2 Å². The zero-order valence-electron chi connectivity index (χ0n) is 16.6. The predicted octanol–water partition coefficient (Wildman–Crippen LogP) is 6.11. The van der Waals surface area contributed by atoms with E-state index in [-0.39, 0.29) is 17.6 Å². The summed E-state index contributed by atoms with van der Waals surface area (Å²) in [5, 5.41) is 9.48. The number of likely N-dealkylation sites (tertiary alicyclic amines) is 1. The second-order valence-corrected chi connectivity index (χ2v) is 9.52. The van der Waals surface area contributed by atoms with Gasteiger partial charge in [0.2, 0.25) is 0 Å². The van der Waals surface area contributed by atoms with E-state index in [9.17, 15) is 9.90 Å². The molecule has 5 heteroatoms. The van der Waals surface area contributed by atoms with Crippen molar-refractivity contribution in [3.63, 3.8) is 0 Å². The normalized spacial score (nSPS) is 22.2. The number of rotatable bonds is 5. The van der Waals surface area contributed by atoms with E-state index in [4.69, 9.17) is 4.74 Å². The number of halogens is 1. The maximum absolute atomic E-state index is 11.5. The molecular formula is C21H32BrNO3. The summed E-state index contributed by atoms with van der Waals surface area (Å²) < 4.78 is 7.16. The lowest BCUT2D eigenvalue weighted by atomic mass is 9.76. The molecule has 0 aromatic heterocycles. The number of nitrogens with zero attached hydrogens (tertiary/aromatic N) is 1. The van der Waals surface area contributed by atoms with Gasteiger partial charge in [0, 0.05) is 17.1 Å². The third-order valence-corrected chi connectivity index (χ3v) is 6.29. The van der Waals surface area contributed by atoms with Gasteiger partial charge in [0.05, 0.1) is 6.10 Å². The molecule has 2 rings (SSSR count). The summed E-state index contributed by atoms with van der Waals surface area (Å²) in [5.41, 5.74) is 1.14. The van der Waals surface area contributed by atoms with Gasteiger partial charge < -0.3 is 14.7 Å². The van der Waals surface area contributed by atoms with Crippen molar-refractivity contribution in [3.8, 4) is 5.75 Å². The van der Waals surface area contributed by atoms with E-state index < -0.39 is 6.09 Å². The van der Waals surface area contributed by atoms with Crippen LogP contribution >= 0.6 is 15.9 Å². The van der Waals surface area contributed by atoms with Crippen LogP contribution in [0.3, 0.4) is 0 Å². The first-order valence-corrected chi connectivity index (χ1v) is 10.3. The van der Waals surface area contributed by atoms with E-state index in [1.54, 1.807) is 4.90 Å². The summed E-state index contributed by atoms with van der Waals surface area (Å²) in [6.45, 7) is 11.2. The van der Waals surface area contributed by atoms with Gasteiger partial charge in [-0.1, -0.05) is 36.7 Å². The monoisotopic (exact) mass is 425 g/mol. The van der Waals surface area contributed by atoms with Crippen LogP contribution in [0.5, 0.6) is 5.75 Å². The quantitative estimate of drug-likeness (QED) is 0.618. The minimum absolute atomic E-state index is 0.0336. The first kappa shape index (κ1) is 21.1. The molecule has 4 nitrogen and oxygen atoms in total. The average molecular weight is 426 g/mol. The number of carbonyl (C=O) groups is 1. The zero-order chi connectivity index (χ0) is 19.5. The van der Waals surface area contributed by atoms with Gasteiger partial charge in [-0.25, -0.2) is 4.79 Å². The molecule has 1 aromatic carbocycles. The number of ether oxygens (including phenoxy) is 1. The van der Waals surface area contributed by atoms with Crippen LogP contribution in [0, 0.1) is 18.3 Å². The molecule has 0 bridgehead atoms. The average Bonchev–Trinajstić information content (AvgIpc) is 2.55. The standard InChI is InChI=1S/C21H32BrNO3/c1-14-12-17(8-9-18(14)22)26-15(2)6-7-16-10-11-23(20(24)25)19(13-16)21(3,4)5/h8-9,12,15-16,19H,6-7,10-11,13H2,1-5H3,(H,24,25)/t15-,16?,19?/m1/s1. The van der Waals surface area contributed by atoms with Crippen LogP contribution in [0.4, 0.5) is 4.79 Å². The van der Waals surface area contributed by atoms with Crippen molar-refractivity contribution >= 4 is 22.0 Å². The summed E-state index contributed by atoms with van der Waals surface area (Å²) in [6, 6.07) is 6.16. The summed E-state index contributed by atoms with van der Waals surface area (Å²) in [6.07, 6.45) is 3.33. The van der Waals surface area contributed by atoms with Gasteiger partial charge in [0.25, 0.3) is 0 Å². The topological polar surface area (TPSA) is 49.8 Å². The van der Waals surface area contributed by atoms with Crippen molar-refractivity contribution in [2.24, 2.45) is 11.3 Å². The zero-order valence-corrected chi connectivity index (χ0v) is 18.2. The third kappa shape index (κ3) is 5.63. The maximum atomic E-state index is 11.5. The molecule has 146 valence electrons. The molecule has 1 fully saturated rings. The first-order valence-electron chi connectivity index (χ1n) is 9.50. The van der Waals surface area contributed by atoms with E-state index in [0.717, 1.165) is 35.9 Å². The minimum Gasteiger partial charge on any atom is -0.491 e. The number of carboxylic acid groups (broad SMARTS) is 1. The SMILES string of the molecule is Cc1cc(O[C@H](C)CCC2CCN(C(=O)O)C(C(C)(C)C)C2)ccc1Br.